The van der Waals surface area contributed by atoms with Gasteiger partial charge in [-0.15, -0.1) is 11.3 Å². The van der Waals surface area contributed by atoms with Crippen molar-refractivity contribution in [2.75, 3.05) is 0 Å². The molecule has 5 rings (SSSR count). The number of aliphatic imine (C=N–C) groups is 1. The molecule has 2 aromatic heterocycles. The quantitative estimate of drug-likeness (QED) is 0.457. The molecule has 0 atom stereocenters. The van der Waals surface area contributed by atoms with E-state index in [2.05, 4.69) is 29.6 Å². The summed E-state index contributed by atoms with van der Waals surface area (Å²) in [6, 6.07) is 17.7. The fraction of sp³-hybridized carbons (Fsp3) is 0.0500. The van der Waals surface area contributed by atoms with Crippen LogP contribution in [-0.4, -0.2) is 10.3 Å². The smallest absolute Gasteiger partial charge is 0.130 e. The third-order valence-electron chi connectivity index (χ3n) is 4.47. The highest BCUT2D eigenvalue weighted by Crippen LogP contribution is 2.28. The molecule has 3 heterocycles. The molecular weight excluding hydrogens is 319 g/mol. The highest BCUT2D eigenvalue weighted by Gasteiger charge is 2.20. The number of hydrogen-bond donors (Lipinski definition) is 0. The van der Waals surface area contributed by atoms with Gasteiger partial charge in [-0.1, -0.05) is 12.1 Å². The second-order valence-electron chi connectivity index (χ2n) is 5.84. The molecule has 2 nitrogen and oxygen atoms in total. The van der Waals surface area contributed by atoms with Gasteiger partial charge in [0.15, 0.2) is 0 Å². The third-order valence-corrected chi connectivity index (χ3v) is 5.36. The second kappa shape index (κ2) is 5.14. The van der Waals surface area contributed by atoms with Crippen LogP contribution in [0.1, 0.15) is 16.8 Å². The van der Waals surface area contributed by atoms with E-state index in [0.717, 1.165) is 22.7 Å². The maximum absolute atomic E-state index is 14.3. The zero-order chi connectivity index (χ0) is 16.1. The molecule has 1 aliphatic rings. The van der Waals surface area contributed by atoms with Gasteiger partial charge in [0, 0.05) is 22.0 Å². The number of hydrogen-bond acceptors (Lipinski definition) is 2. The van der Waals surface area contributed by atoms with Gasteiger partial charge < -0.3 is 4.57 Å². The zero-order valence-corrected chi connectivity index (χ0v) is 13.6. The molecule has 0 bridgehead atoms. The Morgan fingerprint density at radius 1 is 1.04 bits per heavy atom. The van der Waals surface area contributed by atoms with Crippen LogP contribution in [0.15, 0.2) is 71.2 Å². The van der Waals surface area contributed by atoms with Gasteiger partial charge in [-0.2, -0.15) is 0 Å². The highest BCUT2D eigenvalue weighted by molar-refractivity contribution is 7.17. The summed E-state index contributed by atoms with van der Waals surface area (Å²) >= 11 is 1.73. The Morgan fingerprint density at radius 3 is 2.96 bits per heavy atom. The molecule has 0 fully saturated rings. The molecule has 0 unspecified atom stereocenters. The van der Waals surface area contributed by atoms with E-state index in [0.29, 0.717) is 12.1 Å². The fourth-order valence-electron chi connectivity index (χ4n) is 3.31. The van der Waals surface area contributed by atoms with E-state index in [1.807, 2.05) is 29.0 Å². The minimum absolute atomic E-state index is 0.203. The molecule has 116 valence electrons. The Kier molecular flexibility index (Phi) is 2.94. The summed E-state index contributed by atoms with van der Waals surface area (Å²) < 4.78 is 17.6. The van der Waals surface area contributed by atoms with Crippen molar-refractivity contribution >= 4 is 27.1 Å². The van der Waals surface area contributed by atoms with Crippen LogP contribution in [0.3, 0.4) is 0 Å². The lowest BCUT2D eigenvalue weighted by molar-refractivity contribution is 0.609. The summed E-state index contributed by atoms with van der Waals surface area (Å²) in [7, 11) is 0. The number of rotatable bonds is 1. The summed E-state index contributed by atoms with van der Waals surface area (Å²) in [6.45, 7) is 0.348. The number of thiophene rings is 1. The van der Waals surface area contributed by atoms with Crippen LogP contribution in [0.2, 0.25) is 0 Å². The van der Waals surface area contributed by atoms with Crippen molar-refractivity contribution in [1.82, 2.24) is 4.57 Å². The molecule has 0 saturated heterocycles. The minimum atomic E-state index is -0.203. The first-order valence-electron chi connectivity index (χ1n) is 7.79. The average Bonchev–Trinajstić information content (AvgIpc) is 3.22. The predicted molar refractivity (Wildman–Crippen MR) is 96.9 cm³/mol. The van der Waals surface area contributed by atoms with Crippen LogP contribution in [-0.2, 0) is 6.54 Å². The Morgan fingerprint density at radius 2 is 2.00 bits per heavy atom. The molecule has 0 aliphatic carbocycles. The van der Waals surface area contributed by atoms with Crippen molar-refractivity contribution in [3.8, 4) is 5.69 Å². The topological polar surface area (TPSA) is 17.3 Å². The molecule has 4 heteroatoms. The van der Waals surface area contributed by atoms with E-state index in [9.17, 15) is 4.39 Å². The molecule has 1 aliphatic heterocycles. The Balaban J connectivity index is 1.75. The first-order chi connectivity index (χ1) is 11.8. The molecular formula is C20H13FN2S. The SMILES string of the molecule is Fc1cccc2c1CN=C(c1ccc3sccc3c1)c1cccn1-2. The lowest BCUT2D eigenvalue weighted by Crippen LogP contribution is -2.08. The lowest BCUT2D eigenvalue weighted by Gasteiger charge is -2.11. The summed E-state index contributed by atoms with van der Waals surface area (Å²) in [4.78, 5) is 4.76. The van der Waals surface area contributed by atoms with Gasteiger partial charge in [-0.3, -0.25) is 4.99 Å². The van der Waals surface area contributed by atoms with Crippen LogP contribution < -0.4 is 0 Å². The number of benzene rings is 2. The van der Waals surface area contributed by atoms with Crippen molar-refractivity contribution in [3.63, 3.8) is 0 Å². The maximum atomic E-state index is 14.3. The first kappa shape index (κ1) is 13.7. The van der Waals surface area contributed by atoms with Crippen molar-refractivity contribution in [3.05, 3.63) is 88.8 Å². The first-order valence-corrected chi connectivity index (χ1v) is 8.67. The van der Waals surface area contributed by atoms with E-state index in [1.165, 1.54) is 16.2 Å². The molecule has 0 N–H and O–H groups in total. The normalized spacial score (nSPS) is 13.3. The molecule has 0 amide bonds. The van der Waals surface area contributed by atoms with Gasteiger partial charge in [0.1, 0.15) is 5.82 Å². The van der Waals surface area contributed by atoms with Gasteiger partial charge in [0.2, 0.25) is 0 Å². The summed E-state index contributed by atoms with van der Waals surface area (Å²) in [6.07, 6.45) is 1.97. The van der Waals surface area contributed by atoms with Crippen molar-refractivity contribution in [1.29, 1.82) is 0 Å². The maximum Gasteiger partial charge on any atom is 0.130 e. The monoisotopic (exact) mass is 332 g/mol. The van der Waals surface area contributed by atoms with E-state index in [4.69, 9.17) is 4.99 Å². The summed E-state index contributed by atoms with van der Waals surface area (Å²) in [5.74, 6) is -0.203. The van der Waals surface area contributed by atoms with Gasteiger partial charge in [0.25, 0.3) is 0 Å². The van der Waals surface area contributed by atoms with Gasteiger partial charge in [-0.25, -0.2) is 4.39 Å². The lowest BCUT2D eigenvalue weighted by atomic mass is 10.1. The average molecular weight is 332 g/mol. The summed E-state index contributed by atoms with van der Waals surface area (Å²) in [5, 5.41) is 3.31. The Hall–Kier alpha value is -2.72. The van der Waals surface area contributed by atoms with Gasteiger partial charge in [-0.05, 0) is 53.2 Å². The van der Waals surface area contributed by atoms with E-state index < -0.39 is 0 Å². The highest BCUT2D eigenvalue weighted by atomic mass is 32.1. The second-order valence-corrected chi connectivity index (χ2v) is 6.79. The minimum Gasteiger partial charge on any atom is -0.315 e. The fourth-order valence-corrected chi connectivity index (χ4v) is 4.08. The van der Waals surface area contributed by atoms with Crippen LogP contribution >= 0.6 is 11.3 Å². The molecule has 0 spiro atoms. The standard InChI is InChI=1S/C20H13FN2S/c21-16-3-1-4-17-15(16)12-22-20(18-5-2-9-23(17)18)14-6-7-19-13(11-14)8-10-24-19/h1-11H,12H2. The van der Waals surface area contributed by atoms with E-state index >= 15 is 0 Å². The van der Waals surface area contributed by atoms with Crippen LogP contribution in [0.25, 0.3) is 15.8 Å². The van der Waals surface area contributed by atoms with Crippen molar-refractivity contribution in [2.24, 2.45) is 4.99 Å². The number of aromatic nitrogens is 1. The predicted octanol–water partition coefficient (Wildman–Crippen LogP) is 5.18. The number of fused-ring (bicyclic) bond motifs is 4. The number of nitrogens with zero attached hydrogens (tertiary/aromatic N) is 2. The van der Waals surface area contributed by atoms with Crippen LogP contribution in [0.4, 0.5) is 4.39 Å². The molecule has 0 saturated carbocycles. The van der Waals surface area contributed by atoms with Crippen molar-refractivity contribution in [2.45, 2.75) is 6.54 Å². The molecule has 2 aromatic carbocycles. The zero-order valence-electron chi connectivity index (χ0n) is 12.7. The Labute approximate surface area is 142 Å². The molecule has 4 aromatic rings. The van der Waals surface area contributed by atoms with Crippen LogP contribution in [0.5, 0.6) is 0 Å². The molecule has 24 heavy (non-hydrogen) atoms. The van der Waals surface area contributed by atoms with Gasteiger partial charge >= 0.3 is 0 Å². The molecule has 0 radical (unpaired) electrons. The Bertz CT molecular complexity index is 1100. The van der Waals surface area contributed by atoms with Gasteiger partial charge in [0.05, 0.1) is 23.6 Å². The van der Waals surface area contributed by atoms with Crippen molar-refractivity contribution < 1.29 is 4.39 Å². The third kappa shape index (κ3) is 1.96. The largest absolute Gasteiger partial charge is 0.315 e. The van der Waals surface area contributed by atoms with E-state index in [-0.39, 0.29) is 5.82 Å². The van der Waals surface area contributed by atoms with Crippen LogP contribution in [0, 0.1) is 5.82 Å². The van der Waals surface area contributed by atoms with E-state index in [1.54, 1.807) is 17.4 Å². The summed E-state index contributed by atoms with van der Waals surface area (Å²) in [5.41, 5.74) is 4.47. The number of halogens is 1.